The first kappa shape index (κ1) is 13.3. The molecule has 106 valence electrons. The van der Waals surface area contributed by atoms with Crippen LogP contribution in [-0.2, 0) is 17.8 Å². The standard InChI is InChI=1S/C14H18N4OS/c1-18-10-15-17-14(18)12-4-2-3-5-13(12)16-11-6-8-20(19)9-7-11/h2-5,10-11,16H,6-9H2,1H3. The molecule has 0 aliphatic carbocycles. The van der Waals surface area contributed by atoms with Crippen molar-refractivity contribution >= 4 is 16.5 Å². The number of hydrogen-bond acceptors (Lipinski definition) is 4. The molecule has 20 heavy (non-hydrogen) atoms. The summed E-state index contributed by atoms with van der Waals surface area (Å²) in [6.07, 6.45) is 3.62. The van der Waals surface area contributed by atoms with Crippen molar-refractivity contribution in [1.29, 1.82) is 0 Å². The van der Waals surface area contributed by atoms with Crippen LogP contribution in [0.4, 0.5) is 5.69 Å². The maximum Gasteiger partial charge on any atom is 0.165 e. The molecule has 2 aromatic rings. The first-order chi connectivity index (χ1) is 9.74. The summed E-state index contributed by atoms with van der Waals surface area (Å²) >= 11 is 0. The molecule has 0 spiro atoms. The summed E-state index contributed by atoms with van der Waals surface area (Å²) in [4.78, 5) is 0. The fourth-order valence-electron chi connectivity index (χ4n) is 2.49. The number of nitrogens with one attached hydrogen (secondary N) is 1. The van der Waals surface area contributed by atoms with Gasteiger partial charge in [0.05, 0.1) is 0 Å². The number of aryl methyl sites for hydroxylation is 1. The van der Waals surface area contributed by atoms with Gasteiger partial charge >= 0.3 is 0 Å². The Balaban J connectivity index is 1.83. The van der Waals surface area contributed by atoms with Crippen molar-refractivity contribution < 1.29 is 4.21 Å². The molecule has 3 rings (SSSR count). The van der Waals surface area contributed by atoms with Crippen molar-refractivity contribution in [2.45, 2.75) is 18.9 Å². The highest BCUT2D eigenvalue weighted by atomic mass is 32.2. The van der Waals surface area contributed by atoms with E-state index in [-0.39, 0.29) is 0 Å². The predicted molar refractivity (Wildman–Crippen MR) is 81.0 cm³/mol. The first-order valence-electron chi connectivity index (χ1n) is 6.79. The molecule has 0 amide bonds. The van der Waals surface area contributed by atoms with Crippen molar-refractivity contribution in [1.82, 2.24) is 14.8 Å². The van der Waals surface area contributed by atoms with Crippen LogP contribution < -0.4 is 5.32 Å². The number of aromatic nitrogens is 3. The Morgan fingerprint density at radius 3 is 2.75 bits per heavy atom. The minimum atomic E-state index is -0.624. The molecule has 1 aromatic heterocycles. The number of para-hydroxylation sites is 1. The van der Waals surface area contributed by atoms with Crippen molar-refractivity contribution in [3.8, 4) is 11.4 Å². The number of hydrogen-bond donors (Lipinski definition) is 1. The maximum absolute atomic E-state index is 11.4. The molecule has 1 aliphatic rings. The third-order valence-corrected chi connectivity index (χ3v) is 5.01. The summed E-state index contributed by atoms with van der Waals surface area (Å²) in [6.45, 7) is 0. The summed E-state index contributed by atoms with van der Waals surface area (Å²) in [7, 11) is 1.32. The Kier molecular flexibility index (Phi) is 3.82. The molecular formula is C14H18N4OS. The molecule has 1 aromatic carbocycles. The topological polar surface area (TPSA) is 59.8 Å². The smallest absolute Gasteiger partial charge is 0.165 e. The number of nitrogens with zero attached hydrogens (tertiary/aromatic N) is 3. The van der Waals surface area contributed by atoms with Crippen LogP contribution in [0.25, 0.3) is 11.4 Å². The summed E-state index contributed by atoms with van der Waals surface area (Å²) in [5.74, 6) is 2.45. The molecule has 0 radical (unpaired) electrons. The molecule has 0 saturated carbocycles. The van der Waals surface area contributed by atoms with E-state index in [9.17, 15) is 4.21 Å². The highest BCUT2D eigenvalue weighted by Gasteiger charge is 2.19. The Hall–Kier alpha value is -1.69. The number of anilines is 1. The van der Waals surface area contributed by atoms with Gasteiger partial charge in [0.1, 0.15) is 6.33 Å². The Bertz CT molecular complexity index is 615. The summed E-state index contributed by atoms with van der Waals surface area (Å²) < 4.78 is 13.3. The second-order valence-electron chi connectivity index (χ2n) is 5.08. The van der Waals surface area contributed by atoms with Crippen LogP contribution in [-0.4, -0.2) is 36.5 Å². The van der Waals surface area contributed by atoms with Gasteiger partial charge in [0.15, 0.2) is 5.82 Å². The van der Waals surface area contributed by atoms with E-state index >= 15 is 0 Å². The van der Waals surface area contributed by atoms with Gasteiger partial charge in [-0.3, -0.25) is 4.21 Å². The lowest BCUT2D eigenvalue weighted by Crippen LogP contribution is -2.29. The van der Waals surface area contributed by atoms with E-state index in [0.717, 1.165) is 41.4 Å². The number of rotatable bonds is 3. The van der Waals surface area contributed by atoms with Crippen LogP contribution >= 0.6 is 0 Å². The van der Waals surface area contributed by atoms with Crippen LogP contribution in [0.5, 0.6) is 0 Å². The normalized spacial score (nSPS) is 22.6. The molecule has 0 bridgehead atoms. The maximum atomic E-state index is 11.4. The van der Waals surface area contributed by atoms with Crippen LogP contribution in [0.3, 0.4) is 0 Å². The minimum Gasteiger partial charge on any atom is -0.382 e. The van der Waals surface area contributed by atoms with Crippen molar-refractivity contribution in [3.63, 3.8) is 0 Å². The molecule has 1 aliphatic heterocycles. The predicted octanol–water partition coefficient (Wildman–Crippen LogP) is 1.81. The van der Waals surface area contributed by atoms with E-state index in [1.807, 2.05) is 29.8 Å². The first-order valence-corrected chi connectivity index (χ1v) is 8.28. The van der Waals surface area contributed by atoms with Gasteiger partial charge in [0.25, 0.3) is 0 Å². The van der Waals surface area contributed by atoms with E-state index in [4.69, 9.17) is 0 Å². The monoisotopic (exact) mass is 290 g/mol. The van der Waals surface area contributed by atoms with E-state index in [1.54, 1.807) is 6.33 Å². The van der Waals surface area contributed by atoms with E-state index in [1.165, 1.54) is 0 Å². The summed E-state index contributed by atoms with van der Waals surface area (Å²) in [6, 6.07) is 8.53. The van der Waals surface area contributed by atoms with Crippen LogP contribution in [0, 0.1) is 0 Å². The molecule has 1 N–H and O–H groups in total. The lowest BCUT2D eigenvalue weighted by Gasteiger charge is -2.24. The highest BCUT2D eigenvalue weighted by molar-refractivity contribution is 7.85. The van der Waals surface area contributed by atoms with Gasteiger partial charge in [-0.15, -0.1) is 10.2 Å². The van der Waals surface area contributed by atoms with Gasteiger partial charge in [-0.2, -0.15) is 0 Å². The number of benzene rings is 1. The van der Waals surface area contributed by atoms with Gasteiger partial charge in [-0.05, 0) is 25.0 Å². The third-order valence-electron chi connectivity index (χ3n) is 3.63. The fourth-order valence-corrected chi connectivity index (χ4v) is 3.79. The second-order valence-corrected chi connectivity index (χ2v) is 6.77. The van der Waals surface area contributed by atoms with E-state index in [2.05, 4.69) is 21.6 Å². The van der Waals surface area contributed by atoms with Crippen molar-refractivity contribution in [2.75, 3.05) is 16.8 Å². The zero-order valence-corrected chi connectivity index (χ0v) is 12.3. The van der Waals surface area contributed by atoms with Crippen molar-refractivity contribution in [2.24, 2.45) is 7.05 Å². The Labute approximate surface area is 120 Å². The van der Waals surface area contributed by atoms with Crippen molar-refractivity contribution in [3.05, 3.63) is 30.6 Å². The van der Waals surface area contributed by atoms with Gasteiger partial charge in [-0.25, -0.2) is 0 Å². The van der Waals surface area contributed by atoms with E-state index < -0.39 is 10.8 Å². The molecule has 0 unspecified atom stereocenters. The molecule has 6 heteroatoms. The quantitative estimate of drug-likeness (QED) is 0.936. The van der Waals surface area contributed by atoms with Crippen LogP contribution in [0.2, 0.25) is 0 Å². The molecule has 0 atom stereocenters. The zero-order chi connectivity index (χ0) is 13.9. The van der Waals surface area contributed by atoms with Gasteiger partial charge in [-0.1, -0.05) is 12.1 Å². The lowest BCUT2D eigenvalue weighted by molar-refractivity contribution is 0.624. The Morgan fingerprint density at radius 1 is 1.30 bits per heavy atom. The largest absolute Gasteiger partial charge is 0.382 e. The summed E-state index contributed by atoms with van der Waals surface area (Å²) in [5.41, 5.74) is 2.13. The fraction of sp³-hybridized carbons (Fsp3) is 0.429. The zero-order valence-electron chi connectivity index (χ0n) is 11.5. The second kappa shape index (κ2) is 5.75. The van der Waals surface area contributed by atoms with E-state index in [0.29, 0.717) is 6.04 Å². The van der Waals surface area contributed by atoms with Gasteiger partial charge in [0, 0.05) is 46.6 Å². The van der Waals surface area contributed by atoms with Crippen LogP contribution in [0.15, 0.2) is 30.6 Å². The van der Waals surface area contributed by atoms with Gasteiger partial charge < -0.3 is 9.88 Å². The minimum absolute atomic E-state index is 0.391. The third kappa shape index (κ3) is 2.75. The molecule has 5 nitrogen and oxygen atoms in total. The SMILES string of the molecule is Cn1cnnc1-c1ccccc1NC1CCS(=O)CC1. The molecule has 2 heterocycles. The average Bonchev–Trinajstić information content (AvgIpc) is 2.88. The Morgan fingerprint density at radius 2 is 2.05 bits per heavy atom. The summed E-state index contributed by atoms with van der Waals surface area (Å²) in [5, 5.41) is 11.7. The van der Waals surface area contributed by atoms with Gasteiger partial charge in [0.2, 0.25) is 0 Å². The molecular weight excluding hydrogens is 272 g/mol. The lowest BCUT2D eigenvalue weighted by atomic mass is 10.1. The highest BCUT2D eigenvalue weighted by Crippen LogP contribution is 2.27. The van der Waals surface area contributed by atoms with Crippen LogP contribution in [0.1, 0.15) is 12.8 Å². The molecule has 1 saturated heterocycles. The average molecular weight is 290 g/mol. The molecule has 1 fully saturated rings.